The molecule has 2 unspecified atom stereocenters. The summed E-state index contributed by atoms with van der Waals surface area (Å²) >= 11 is 9.26. The van der Waals surface area contributed by atoms with Gasteiger partial charge in [0.15, 0.2) is 0 Å². The molecule has 4 nitrogen and oxygen atoms in total. The average Bonchev–Trinajstić information content (AvgIpc) is 2.31. The summed E-state index contributed by atoms with van der Waals surface area (Å²) in [5.41, 5.74) is 0. The molecule has 0 radical (unpaired) electrons. The predicted octanol–water partition coefficient (Wildman–Crippen LogP) is 2.94. The minimum atomic E-state index is -3.58. The highest BCUT2D eigenvalue weighted by Crippen LogP contribution is 2.25. The van der Waals surface area contributed by atoms with E-state index in [1.165, 1.54) is 6.07 Å². The van der Waals surface area contributed by atoms with Crippen molar-refractivity contribution in [3.05, 3.63) is 27.7 Å². The Morgan fingerprint density at radius 1 is 1.45 bits per heavy atom. The Kier molecular flexibility index (Phi) is 6.76. The Morgan fingerprint density at radius 2 is 2.15 bits per heavy atom. The smallest absolute Gasteiger partial charge is 0.242 e. The van der Waals surface area contributed by atoms with Crippen LogP contribution in [0.5, 0.6) is 0 Å². The van der Waals surface area contributed by atoms with Gasteiger partial charge in [0.25, 0.3) is 0 Å². The standard InChI is InChI=1S/C12H16BrClN2O2S.ClH/c1-8-11(3-2-6-15-8)16-19(17,18)12-5-4-9(13)7-10(12)14;/h4-5,7-8,11,15-16H,2-3,6H2,1H3;1H. The van der Waals surface area contributed by atoms with Gasteiger partial charge in [0.2, 0.25) is 10.0 Å². The topological polar surface area (TPSA) is 58.2 Å². The van der Waals surface area contributed by atoms with Crippen LogP contribution in [0.3, 0.4) is 0 Å². The molecule has 0 spiro atoms. The monoisotopic (exact) mass is 402 g/mol. The largest absolute Gasteiger partial charge is 0.313 e. The third-order valence-corrected chi connectivity index (χ3v) is 5.72. The van der Waals surface area contributed by atoms with Crippen LogP contribution < -0.4 is 10.0 Å². The first kappa shape index (κ1) is 18.2. The van der Waals surface area contributed by atoms with Gasteiger partial charge >= 0.3 is 0 Å². The van der Waals surface area contributed by atoms with Crippen molar-refractivity contribution < 1.29 is 8.42 Å². The molecule has 0 aromatic heterocycles. The predicted molar refractivity (Wildman–Crippen MR) is 87.2 cm³/mol. The molecule has 1 saturated heterocycles. The molecule has 2 atom stereocenters. The zero-order valence-electron chi connectivity index (χ0n) is 10.9. The fourth-order valence-electron chi connectivity index (χ4n) is 2.16. The quantitative estimate of drug-likeness (QED) is 0.815. The van der Waals surface area contributed by atoms with Gasteiger partial charge in [-0.25, -0.2) is 13.1 Å². The molecule has 1 aliphatic heterocycles. The zero-order valence-corrected chi connectivity index (χ0v) is 14.9. The Hall–Kier alpha value is 0.150. The Labute approximate surface area is 139 Å². The van der Waals surface area contributed by atoms with Crippen molar-refractivity contribution in [1.82, 2.24) is 10.0 Å². The highest BCUT2D eigenvalue weighted by molar-refractivity contribution is 9.10. The lowest BCUT2D eigenvalue weighted by atomic mass is 10.0. The van der Waals surface area contributed by atoms with Crippen LogP contribution in [-0.2, 0) is 10.0 Å². The van der Waals surface area contributed by atoms with Crippen LogP contribution in [0.4, 0.5) is 0 Å². The van der Waals surface area contributed by atoms with E-state index >= 15 is 0 Å². The molecule has 114 valence electrons. The number of nitrogens with one attached hydrogen (secondary N) is 2. The van der Waals surface area contributed by atoms with Crippen molar-refractivity contribution in [1.29, 1.82) is 0 Å². The van der Waals surface area contributed by atoms with Crippen LogP contribution in [0.25, 0.3) is 0 Å². The van der Waals surface area contributed by atoms with Crippen LogP contribution in [0.1, 0.15) is 19.8 Å². The average molecular weight is 404 g/mol. The number of piperidine rings is 1. The SMILES string of the molecule is CC1NCCCC1NS(=O)(=O)c1ccc(Br)cc1Cl.Cl. The van der Waals surface area contributed by atoms with Gasteiger partial charge in [-0.05, 0) is 44.5 Å². The first-order valence-electron chi connectivity index (χ1n) is 6.11. The molecule has 1 aliphatic rings. The molecule has 1 aromatic rings. The summed E-state index contributed by atoms with van der Waals surface area (Å²) in [6.07, 6.45) is 1.80. The Balaban J connectivity index is 0.00000200. The van der Waals surface area contributed by atoms with Crippen molar-refractivity contribution in [2.45, 2.75) is 36.7 Å². The van der Waals surface area contributed by atoms with Gasteiger partial charge in [-0.1, -0.05) is 27.5 Å². The Morgan fingerprint density at radius 3 is 2.75 bits per heavy atom. The minimum absolute atomic E-state index is 0. The second kappa shape index (κ2) is 7.42. The van der Waals surface area contributed by atoms with Crippen LogP contribution >= 0.6 is 39.9 Å². The lowest BCUT2D eigenvalue weighted by molar-refractivity contribution is 0.349. The molecule has 8 heteroatoms. The summed E-state index contributed by atoms with van der Waals surface area (Å²) in [7, 11) is -3.58. The molecule has 0 aliphatic carbocycles. The van der Waals surface area contributed by atoms with Gasteiger partial charge in [-0.3, -0.25) is 0 Å². The normalized spacial score (nSPS) is 23.1. The number of benzene rings is 1. The number of hydrogen-bond acceptors (Lipinski definition) is 3. The van der Waals surface area contributed by atoms with E-state index in [1.807, 2.05) is 6.92 Å². The highest BCUT2D eigenvalue weighted by Gasteiger charge is 2.27. The molecule has 1 heterocycles. The molecule has 1 aromatic carbocycles. The van der Waals surface area contributed by atoms with Crippen molar-refractivity contribution in [2.24, 2.45) is 0 Å². The molecular weight excluding hydrogens is 387 g/mol. The number of sulfonamides is 1. The summed E-state index contributed by atoms with van der Waals surface area (Å²) in [5.74, 6) is 0. The van der Waals surface area contributed by atoms with E-state index in [2.05, 4.69) is 26.0 Å². The van der Waals surface area contributed by atoms with Crippen molar-refractivity contribution >= 4 is 50.0 Å². The van der Waals surface area contributed by atoms with E-state index in [1.54, 1.807) is 12.1 Å². The molecule has 1 fully saturated rings. The second-order valence-electron chi connectivity index (χ2n) is 4.69. The first-order valence-corrected chi connectivity index (χ1v) is 8.76. The summed E-state index contributed by atoms with van der Waals surface area (Å²) in [6, 6.07) is 4.79. The Bertz CT molecular complexity index is 569. The van der Waals surface area contributed by atoms with E-state index < -0.39 is 10.0 Å². The third kappa shape index (κ3) is 4.32. The van der Waals surface area contributed by atoms with Gasteiger partial charge < -0.3 is 5.32 Å². The van der Waals surface area contributed by atoms with Gasteiger partial charge in [0, 0.05) is 16.6 Å². The maximum absolute atomic E-state index is 12.3. The fourth-order valence-corrected chi connectivity index (χ4v) is 4.55. The van der Waals surface area contributed by atoms with Crippen molar-refractivity contribution in [3.8, 4) is 0 Å². The lowest BCUT2D eigenvalue weighted by Crippen LogP contribution is -2.51. The number of rotatable bonds is 3. The van der Waals surface area contributed by atoms with Crippen LogP contribution in [-0.4, -0.2) is 27.0 Å². The van der Waals surface area contributed by atoms with Crippen molar-refractivity contribution in [3.63, 3.8) is 0 Å². The van der Waals surface area contributed by atoms with E-state index in [4.69, 9.17) is 11.6 Å². The summed E-state index contributed by atoms with van der Waals surface area (Å²) in [6.45, 7) is 2.91. The van der Waals surface area contributed by atoms with E-state index in [0.717, 1.165) is 23.9 Å². The van der Waals surface area contributed by atoms with Gasteiger partial charge in [-0.2, -0.15) is 0 Å². The zero-order chi connectivity index (χ0) is 14.0. The maximum atomic E-state index is 12.3. The first-order chi connectivity index (χ1) is 8.90. The molecule has 2 N–H and O–H groups in total. The van der Waals surface area contributed by atoms with Crippen LogP contribution in [0.2, 0.25) is 5.02 Å². The van der Waals surface area contributed by atoms with E-state index in [-0.39, 0.29) is 34.4 Å². The molecule has 0 saturated carbocycles. The molecule has 20 heavy (non-hydrogen) atoms. The molecular formula is C12H17BrCl2N2O2S. The molecule has 0 bridgehead atoms. The lowest BCUT2D eigenvalue weighted by Gasteiger charge is -2.30. The van der Waals surface area contributed by atoms with E-state index in [0.29, 0.717) is 0 Å². The summed E-state index contributed by atoms with van der Waals surface area (Å²) in [5, 5.41) is 3.48. The maximum Gasteiger partial charge on any atom is 0.242 e. The van der Waals surface area contributed by atoms with Gasteiger partial charge in [0.05, 0.1) is 5.02 Å². The summed E-state index contributed by atoms with van der Waals surface area (Å²) in [4.78, 5) is 0.121. The third-order valence-electron chi connectivity index (χ3n) is 3.25. The van der Waals surface area contributed by atoms with Crippen LogP contribution in [0, 0.1) is 0 Å². The van der Waals surface area contributed by atoms with Crippen LogP contribution in [0.15, 0.2) is 27.6 Å². The number of halogens is 3. The number of hydrogen-bond donors (Lipinski definition) is 2. The molecule has 2 rings (SSSR count). The fraction of sp³-hybridized carbons (Fsp3) is 0.500. The highest BCUT2D eigenvalue weighted by atomic mass is 79.9. The summed E-state index contributed by atoms with van der Waals surface area (Å²) < 4.78 is 28.2. The van der Waals surface area contributed by atoms with Gasteiger partial charge in [-0.15, -0.1) is 12.4 Å². The van der Waals surface area contributed by atoms with Gasteiger partial charge in [0.1, 0.15) is 4.90 Å². The second-order valence-corrected chi connectivity index (χ2v) is 7.69. The van der Waals surface area contributed by atoms with Crippen molar-refractivity contribution in [2.75, 3.05) is 6.54 Å². The van der Waals surface area contributed by atoms with E-state index in [9.17, 15) is 8.42 Å². The minimum Gasteiger partial charge on any atom is -0.313 e. The molecule has 0 amide bonds.